The molecule has 2 fully saturated rings. The highest BCUT2D eigenvalue weighted by Crippen LogP contribution is 2.42. The lowest BCUT2D eigenvalue weighted by atomic mass is 9.70. The number of methoxy groups -OCH3 is 1. The molecule has 40 heavy (non-hydrogen) atoms. The molecule has 2 aliphatic rings. The molecule has 9 heteroatoms. The van der Waals surface area contributed by atoms with E-state index in [4.69, 9.17) is 16.3 Å². The van der Waals surface area contributed by atoms with Crippen LogP contribution >= 0.6 is 11.6 Å². The molecule has 3 amide bonds. The van der Waals surface area contributed by atoms with Gasteiger partial charge in [-0.05, 0) is 57.6 Å². The Morgan fingerprint density at radius 3 is 2.65 bits per heavy atom. The van der Waals surface area contributed by atoms with Crippen LogP contribution in [0.15, 0.2) is 18.2 Å². The summed E-state index contributed by atoms with van der Waals surface area (Å²) in [5.41, 5.74) is -0.585. The zero-order chi connectivity index (χ0) is 29.0. The van der Waals surface area contributed by atoms with Gasteiger partial charge in [0.05, 0.1) is 10.6 Å². The monoisotopic (exact) mass is 580 g/mol. The van der Waals surface area contributed by atoms with E-state index >= 15 is 4.39 Å². The Labute approximate surface area is 245 Å². The number of rotatable bonds is 14. The SMILES string of the molecule is CCC(=O)N[C@](CCCCOC)(c1cccc(Cl)c1F)[C@@H]1CCCN(C(=O)NC(CNC)CC2CCCCC2)C1. The molecule has 1 saturated carbocycles. The maximum atomic E-state index is 15.7. The molecule has 1 aromatic rings. The summed E-state index contributed by atoms with van der Waals surface area (Å²) in [4.78, 5) is 28.4. The van der Waals surface area contributed by atoms with Crippen LogP contribution in [-0.2, 0) is 15.1 Å². The van der Waals surface area contributed by atoms with Crippen LogP contribution in [0.3, 0.4) is 0 Å². The van der Waals surface area contributed by atoms with E-state index in [-0.39, 0.29) is 35.3 Å². The number of hydrogen-bond acceptors (Lipinski definition) is 4. The molecule has 1 heterocycles. The highest BCUT2D eigenvalue weighted by molar-refractivity contribution is 6.30. The first kappa shape index (κ1) is 32.6. The van der Waals surface area contributed by atoms with Gasteiger partial charge in [0.15, 0.2) is 0 Å². The Balaban J connectivity index is 1.86. The normalized spacial score (nSPS) is 20.5. The molecule has 0 bridgehead atoms. The van der Waals surface area contributed by atoms with Crippen LogP contribution in [0.4, 0.5) is 9.18 Å². The third-order valence-corrected chi connectivity index (χ3v) is 9.10. The number of benzene rings is 1. The van der Waals surface area contributed by atoms with Gasteiger partial charge >= 0.3 is 6.03 Å². The van der Waals surface area contributed by atoms with Crippen LogP contribution < -0.4 is 16.0 Å². The van der Waals surface area contributed by atoms with Gasteiger partial charge < -0.3 is 25.6 Å². The van der Waals surface area contributed by atoms with Crippen molar-refractivity contribution in [1.29, 1.82) is 0 Å². The summed E-state index contributed by atoms with van der Waals surface area (Å²) in [5.74, 6) is -0.167. The average molecular weight is 581 g/mol. The number of carbonyl (C=O) groups is 2. The minimum absolute atomic E-state index is 0.0348. The molecule has 3 rings (SSSR count). The predicted molar refractivity (Wildman–Crippen MR) is 159 cm³/mol. The molecule has 1 aromatic carbocycles. The fourth-order valence-electron chi connectivity index (χ4n) is 6.72. The summed E-state index contributed by atoms with van der Waals surface area (Å²) in [6.07, 6.45) is 11.2. The standard InChI is InChI=1S/C31H50ClFN4O3/c1-4-28(38)36-31(17-8-9-19-40-3,26-15-10-16-27(32)29(26)33)24-14-11-18-37(22-24)30(39)35-25(21-34-2)20-23-12-6-5-7-13-23/h10,15-16,23-25,34H,4-9,11-14,17-22H2,1-3H3,(H,35,39)(H,36,38)/t24-,25?,31+/m1/s1. The van der Waals surface area contributed by atoms with E-state index in [1.165, 1.54) is 38.2 Å². The van der Waals surface area contributed by atoms with Gasteiger partial charge in [0.1, 0.15) is 5.82 Å². The second-order valence-corrected chi connectivity index (χ2v) is 12.1. The minimum Gasteiger partial charge on any atom is -0.385 e. The Morgan fingerprint density at radius 1 is 1.18 bits per heavy atom. The second-order valence-electron chi connectivity index (χ2n) is 11.7. The van der Waals surface area contributed by atoms with Crippen molar-refractivity contribution in [3.05, 3.63) is 34.6 Å². The first-order chi connectivity index (χ1) is 19.3. The lowest BCUT2D eigenvalue weighted by molar-refractivity contribution is -0.124. The first-order valence-corrected chi connectivity index (χ1v) is 15.7. The van der Waals surface area contributed by atoms with Crippen LogP contribution in [-0.4, -0.2) is 63.3 Å². The van der Waals surface area contributed by atoms with Crippen molar-refractivity contribution in [2.75, 3.05) is 40.4 Å². The van der Waals surface area contributed by atoms with E-state index in [0.29, 0.717) is 37.6 Å². The Hall–Kier alpha value is -1.90. The lowest BCUT2D eigenvalue weighted by Crippen LogP contribution is -2.58. The van der Waals surface area contributed by atoms with Crippen molar-refractivity contribution < 1.29 is 18.7 Å². The van der Waals surface area contributed by atoms with Gasteiger partial charge in [-0.15, -0.1) is 0 Å². The molecule has 3 N–H and O–H groups in total. The van der Waals surface area contributed by atoms with Crippen molar-refractivity contribution in [3.8, 4) is 0 Å². The fraction of sp³-hybridized carbons (Fsp3) is 0.742. The number of carbonyl (C=O) groups excluding carboxylic acids is 2. The number of piperidine rings is 1. The number of hydrogen-bond donors (Lipinski definition) is 3. The number of likely N-dealkylation sites (N-methyl/N-ethyl adjacent to an activating group) is 1. The summed E-state index contributed by atoms with van der Waals surface area (Å²) in [6, 6.07) is 4.99. The Bertz CT molecular complexity index is 945. The fourth-order valence-corrected chi connectivity index (χ4v) is 6.90. The van der Waals surface area contributed by atoms with Crippen LogP contribution in [0, 0.1) is 17.7 Å². The van der Waals surface area contributed by atoms with Crippen molar-refractivity contribution in [2.45, 2.75) is 95.6 Å². The molecular formula is C31H50ClFN4O3. The number of unbranched alkanes of at least 4 members (excludes halogenated alkanes) is 1. The number of likely N-dealkylation sites (tertiary alicyclic amines) is 1. The second kappa shape index (κ2) is 16.5. The molecule has 0 radical (unpaired) electrons. The van der Waals surface area contributed by atoms with Gasteiger partial charge in [-0.3, -0.25) is 4.79 Å². The number of amides is 3. The van der Waals surface area contributed by atoms with Gasteiger partial charge in [-0.1, -0.05) is 62.8 Å². The van der Waals surface area contributed by atoms with Crippen LogP contribution in [0.2, 0.25) is 5.02 Å². The van der Waals surface area contributed by atoms with E-state index < -0.39 is 11.4 Å². The van der Waals surface area contributed by atoms with E-state index in [9.17, 15) is 9.59 Å². The summed E-state index contributed by atoms with van der Waals surface area (Å²) in [6.45, 7) is 4.18. The summed E-state index contributed by atoms with van der Waals surface area (Å²) < 4.78 is 21.0. The quantitative estimate of drug-likeness (QED) is 0.236. The van der Waals surface area contributed by atoms with Crippen LogP contribution in [0.5, 0.6) is 0 Å². The van der Waals surface area contributed by atoms with Crippen molar-refractivity contribution in [2.24, 2.45) is 11.8 Å². The Kier molecular flexibility index (Phi) is 13.5. The maximum absolute atomic E-state index is 15.7. The third-order valence-electron chi connectivity index (χ3n) is 8.81. The molecule has 1 aliphatic heterocycles. The highest BCUT2D eigenvalue weighted by atomic mass is 35.5. The number of urea groups is 1. The van der Waals surface area contributed by atoms with Crippen LogP contribution in [0.25, 0.3) is 0 Å². The molecule has 1 saturated heterocycles. The number of nitrogens with one attached hydrogen (secondary N) is 3. The molecule has 7 nitrogen and oxygen atoms in total. The zero-order valence-electron chi connectivity index (χ0n) is 24.7. The molecule has 1 aliphatic carbocycles. The molecule has 3 atom stereocenters. The average Bonchev–Trinajstić information content (AvgIpc) is 2.96. The largest absolute Gasteiger partial charge is 0.385 e. The van der Waals surface area contributed by atoms with Gasteiger partial charge in [-0.2, -0.15) is 0 Å². The smallest absolute Gasteiger partial charge is 0.317 e. The molecular weight excluding hydrogens is 531 g/mol. The van der Waals surface area contributed by atoms with E-state index in [0.717, 1.165) is 38.6 Å². The number of nitrogens with zero attached hydrogens (tertiary/aromatic N) is 1. The van der Waals surface area contributed by atoms with E-state index in [1.54, 1.807) is 26.2 Å². The van der Waals surface area contributed by atoms with Gasteiger partial charge in [0.25, 0.3) is 0 Å². The number of ether oxygens (including phenoxy) is 1. The minimum atomic E-state index is -0.985. The third kappa shape index (κ3) is 8.80. The predicted octanol–water partition coefficient (Wildman–Crippen LogP) is 6.00. The van der Waals surface area contributed by atoms with E-state index in [1.807, 2.05) is 11.9 Å². The maximum Gasteiger partial charge on any atom is 0.317 e. The Morgan fingerprint density at radius 2 is 1.95 bits per heavy atom. The van der Waals surface area contributed by atoms with Gasteiger partial charge in [0.2, 0.25) is 5.91 Å². The molecule has 1 unspecified atom stereocenters. The number of halogens is 2. The van der Waals surface area contributed by atoms with E-state index in [2.05, 4.69) is 16.0 Å². The summed E-state index contributed by atoms with van der Waals surface area (Å²) >= 11 is 6.27. The zero-order valence-corrected chi connectivity index (χ0v) is 25.5. The van der Waals surface area contributed by atoms with Crippen molar-refractivity contribution >= 4 is 23.5 Å². The molecule has 0 spiro atoms. The molecule has 226 valence electrons. The van der Waals surface area contributed by atoms with Gasteiger partial charge in [0, 0.05) is 57.3 Å². The van der Waals surface area contributed by atoms with Crippen molar-refractivity contribution in [3.63, 3.8) is 0 Å². The van der Waals surface area contributed by atoms with Gasteiger partial charge in [-0.25, -0.2) is 9.18 Å². The topological polar surface area (TPSA) is 82.7 Å². The van der Waals surface area contributed by atoms with Crippen molar-refractivity contribution in [1.82, 2.24) is 20.9 Å². The lowest BCUT2D eigenvalue weighted by Gasteiger charge is -2.47. The molecule has 0 aromatic heterocycles. The first-order valence-electron chi connectivity index (χ1n) is 15.3. The highest BCUT2D eigenvalue weighted by Gasteiger charge is 2.45. The summed E-state index contributed by atoms with van der Waals surface area (Å²) in [7, 11) is 3.58. The van der Waals surface area contributed by atoms with Crippen LogP contribution in [0.1, 0.15) is 89.5 Å². The summed E-state index contributed by atoms with van der Waals surface area (Å²) in [5, 5.41) is 9.83.